The van der Waals surface area contributed by atoms with Crippen LogP contribution in [-0.4, -0.2) is 24.5 Å². The first-order valence-electron chi connectivity index (χ1n) is 8.79. The lowest BCUT2D eigenvalue weighted by Gasteiger charge is -2.09. The number of nitrogens with one attached hydrogen (secondary N) is 3. The van der Waals surface area contributed by atoms with Gasteiger partial charge in [0.1, 0.15) is 12.4 Å². The van der Waals surface area contributed by atoms with E-state index in [9.17, 15) is 18.8 Å². The molecular weight excluding hydrogens is 365 g/mol. The molecule has 0 fully saturated rings. The summed E-state index contributed by atoms with van der Waals surface area (Å²) in [6, 6.07) is 14.8. The second-order valence-electron chi connectivity index (χ2n) is 5.99. The lowest BCUT2D eigenvalue weighted by Crippen LogP contribution is -2.42. The number of carbonyl (C=O) groups is 3. The van der Waals surface area contributed by atoms with Crippen LogP contribution in [0.4, 0.5) is 9.18 Å². The van der Waals surface area contributed by atoms with E-state index < -0.39 is 12.0 Å². The molecule has 2 aromatic carbocycles. The van der Waals surface area contributed by atoms with Crippen molar-refractivity contribution in [2.45, 2.75) is 25.9 Å². The number of alkyl carbamates (subject to hydrolysis) is 1. The van der Waals surface area contributed by atoms with Crippen molar-refractivity contribution < 1.29 is 23.5 Å². The zero-order valence-corrected chi connectivity index (χ0v) is 15.2. The molecule has 0 atom stereocenters. The zero-order valence-electron chi connectivity index (χ0n) is 15.2. The highest BCUT2D eigenvalue weighted by Crippen LogP contribution is 2.03. The van der Waals surface area contributed by atoms with Crippen LogP contribution in [0.5, 0.6) is 0 Å². The minimum absolute atomic E-state index is 0.0232. The fraction of sp³-hybridized carbons (Fsp3) is 0.250. The van der Waals surface area contributed by atoms with E-state index in [1.165, 1.54) is 24.3 Å². The number of hydrogen-bond acceptors (Lipinski definition) is 4. The number of hydrazine groups is 1. The Labute approximate surface area is 162 Å². The second kappa shape index (κ2) is 11.3. The number of rotatable bonds is 8. The highest BCUT2D eigenvalue weighted by molar-refractivity contribution is 5.83. The van der Waals surface area contributed by atoms with Gasteiger partial charge in [0.15, 0.2) is 0 Å². The van der Waals surface area contributed by atoms with Gasteiger partial charge in [-0.15, -0.1) is 0 Å². The minimum Gasteiger partial charge on any atom is -0.445 e. The Morgan fingerprint density at radius 2 is 1.54 bits per heavy atom. The predicted octanol–water partition coefficient (Wildman–Crippen LogP) is 2.22. The SMILES string of the molecule is O=C(CCCNC(=O)OCc1ccccc1)NNC(=O)Cc1ccc(F)cc1. The number of amides is 3. The average molecular weight is 387 g/mol. The molecule has 2 rings (SSSR count). The van der Waals surface area contributed by atoms with E-state index in [1.54, 1.807) is 0 Å². The summed E-state index contributed by atoms with van der Waals surface area (Å²) in [6.45, 7) is 0.442. The Morgan fingerprint density at radius 3 is 2.25 bits per heavy atom. The smallest absolute Gasteiger partial charge is 0.407 e. The molecule has 8 heteroatoms. The van der Waals surface area contributed by atoms with Crippen LogP contribution >= 0.6 is 0 Å². The number of benzene rings is 2. The molecule has 28 heavy (non-hydrogen) atoms. The van der Waals surface area contributed by atoms with Crippen molar-refractivity contribution in [3.05, 3.63) is 71.5 Å². The van der Waals surface area contributed by atoms with E-state index in [0.717, 1.165) is 5.56 Å². The summed E-state index contributed by atoms with van der Waals surface area (Å²) in [4.78, 5) is 35.0. The Kier molecular flexibility index (Phi) is 8.45. The summed E-state index contributed by atoms with van der Waals surface area (Å²) in [5.41, 5.74) is 6.10. The third-order valence-corrected chi connectivity index (χ3v) is 3.68. The van der Waals surface area contributed by atoms with Crippen molar-refractivity contribution >= 4 is 17.9 Å². The first kappa shape index (κ1) is 20.9. The molecule has 0 radical (unpaired) electrons. The monoisotopic (exact) mass is 387 g/mol. The van der Waals surface area contributed by atoms with E-state index in [4.69, 9.17) is 4.74 Å². The van der Waals surface area contributed by atoms with E-state index in [0.29, 0.717) is 12.0 Å². The molecule has 0 aliphatic rings. The van der Waals surface area contributed by atoms with Crippen LogP contribution in [0.25, 0.3) is 0 Å². The minimum atomic E-state index is -0.558. The van der Waals surface area contributed by atoms with Crippen LogP contribution in [0.2, 0.25) is 0 Å². The van der Waals surface area contributed by atoms with Crippen LogP contribution in [0.15, 0.2) is 54.6 Å². The molecule has 0 saturated carbocycles. The van der Waals surface area contributed by atoms with Crippen molar-refractivity contribution in [3.63, 3.8) is 0 Å². The number of hydrogen-bond donors (Lipinski definition) is 3. The van der Waals surface area contributed by atoms with Crippen LogP contribution in [-0.2, 0) is 27.4 Å². The normalized spacial score (nSPS) is 10.0. The quantitative estimate of drug-likeness (QED) is 0.478. The van der Waals surface area contributed by atoms with Crippen LogP contribution in [0.1, 0.15) is 24.0 Å². The zero-order chi connectivity index (χ0) is 20.2. The van der Waals surface area contributed by atoms with Crippen molar-refractivity contribution in [2.24, 2.45) is 0 Å². The van der Waals surface area contributed by atoms with Gasteiger partial charge in [0, 0.05) is 13.0 Å². The van der Waals surface area contributed by atoms with Gasteiger partial charge in [-0.3, -0.25) is 20.4 Å². The van der Waals surface area contributed by atoms with Crippen molar-refractivity contribution in [3.8, 4) is 0 Å². The summed E-state index contributed by atoms with van der Waals surface area (Å²) in [5, 5.41) is 2.55. The molecule has 0 unspecified atom stereocenters. The molecule has 0 aliphatic carbocycles. The summed E-state index contributed by atoms with van der Waals surface area (Å²) in [7, 11) is 0. The Bertz CT molecular complexity index is 782. The molecular formula is C20H22FN3O4. The van der Waals surface area contributed by atoms with Gasteiger partial charge in [-0.2, -0.15) is 0 Å². The van der Waals surface area contributed by atoms with E-state index in [-0.39, 0.29) is 37.7 Å². The third kappa shape index (κ3) is 8.31. The number of ether oxygens (including phenoxy) is 1. The van der Waals surface area contributed by atoms with Crippen LogP contribution < -0.4 is 16.2 Å². The third-order valence-electron chi connectivity index (χ3n) is 3.68. The van der Waals surface area contributed by atoms with Gasteiger partial charge in [-0.05, 0) is 29.7 Å². The maximum Gasteiger partial charge on any atom is 0.407 e. The van der Waals surface area contributed by atoms with Crippen molar-refractivity contribution in [1.29, 1.82) is 0 Å². The first-order chi connectivity index (χ1) is 13.5. The molecule has 0 saturated heterocycles. The van der Waals surface area contributed by atoms with Gasteiger partial charge < -0.3 is 10.1 Å². The molecule has 0 bridgehead atoms. The Morgan fingerprint density at radius 1 is 0.857 bits per heavy atom. The molecule has 3 N–H and O–H groups in total. The summed E-state index contributed by atoms with van der Waals surface area (Å²) >= 11 is 0. The summed E-state index contributed by atoms with van der Waals surface area (Å²) < 4.78 is 17.9. The van der Waals surface area contributed by atoms with Gasteiger partial charge in [0.05, 0.1) is 6.42 Å². The van der Waals surface area contributed by atoms with Gasteiger partial charge in [-0.25, -0.2) is 9.18 Å². The number of carbonyl (C=O) groups excluding carboxylic acids is 3. The fourth-order valence-corrected chi connectivity index (χ4v) is 2.25. The molecule has 0 heterocycles. The van der Waals surface area contributed by atoms with E-state index >= 15 is 0 Å². The predicted molar refractivity (Wildman–Crippen MR) is 100 cm³/mol. The lowest BCUT2D eigenvalue weighted by atomic mass is 10.1. The number of halogens is 1. The van der Waals surface area contributed by atoms with Crippen LogP contribution in [0, 0.1) is 5.82 Å². The topological polar surface area (TPSA) is 96.5 Å². The summed E-state index contributed by atoms with van der Waals surface area (Å²) in [5.74, 6) is -1.18. The molecule has 0 spiro atoms. The maximum atomic E-state index is 12.8. The van der Waals surface area contributed by atoms with E-state index in [1.807, 2.05) is 30.3 Å². The summed E-state index contributed by atoms with van der Waals surface area (Å²) in [6.07, 6.45) is -0.0255. The largest absolute Gasteiger partial charge is 0.445 e. The Hall–Kier alpha value is -3.42. The molecule has 148 valence electrons. The Balaban J connectivity index is 1.52. The van der Waals surface area contributed by atoms with E-state index in [2.05, 4.69) is 16.2 Å². The van der Waals surface area contributed by atoms with Crippen molar-refractivity contribution in [1.82, 2.24) is 16.2 Å². The molecule has 7 nitrogen and oxygen atoms in total. The molecule has 0 aliphatic heterocycles. The fourth-order valence-electron chi connectivity index (χ4n) is 2.25. The maximum absolute atomic E-state index is 12.8. The second-order valence-corrected chi connectivity index (χ2v) is 5.99. The van der Waals surface area contributed by atoms with Gasteiger partial charge in [0.2, 0.25) is 11.8 Å². The van der Waals surface area contributed by atoms with Gasteiger partial charge in [-0.1, -0.05) is 42.5 Å². The average Bonchev–Trinajstić information content (AvgIpc) is 2.70. The van der Waals surface area contributed by atoms with Crippen LogP contribution in [0.3, 0.4) is 0 Å². The first-order valence-corrected chi connectivity index (χ1v) is 8.79. The lowest BCUT2D eigenvalue weighted by molar-refractivity contribution is -0.128. The highest BCUT2D eigenvalue weighted by atomic mass is 19.1. The molecule has 3 amide bonds. The highest BCUT2D eigenvalue weighted by Gasteiger charge is 2.07. The standard InChI is InChI=1S/C20H22FN3O4/c21-17-10-8-15(9-11-17)13-19(26)24-23-18(25)7-4-12-22-20(27)28-14-16-5-2-1-3-6-16/h1-3,5-6,8-11H,4,7,12-14H2,(H,22,27)(H,23,25)(H,24,26). The van der Waals surface area contributed by atoms with Gasteiger partial charge in [0.25, 0.3) is 0 Å². The van der Waals surface area contributed by atoms with Crippen molar-refractivity contribution in [2.75, 3.05) is 6.54 Å². The molecule has 0 aromatic heterocycles. The van der Waals surface area contributed by atoms with Gasteiger partial charge >= 0.3 is 6.09 Å². The molecule has 2 aromatic rings.